The number of fused-ring (bicyclic) bond motifs is 6. The molecule has 4 aromatic rings. The van der Waals surface area contributed by atoms with Crippen molar-refractivity contribution in [2.24, 2.45) is 0 Å². The molecule has 2 atom stereocenters. The van der Waals surface area contributed by atoms with Crippen LogP contribution in [0.3, 0.4) is 0 Å². The van der Waals surface area contributed by atoms with Crippen LogP contribution in [0, 0.1) is 0 Å². The number of thioether (sulfide) groups is 2. The molecule has 0 aromatic heterocycles. The molecule has 0 radical (unpaired) electrons. The van der Waals surface area contributed by atoms with Gasteiger partial charge in [0.25, 0.3) is 0 Å². The number of aryl methyl sites for hydroxylation is 2. The first-order chi connectivity index (χ1) is 28.5. The van der Waals surface area contributed by atoms with Gasteiger partial charge in [0.15, 0.2) is 33.9 Å². The molecule has 312 valence electrons. The van der Waals surface area contributed by atoms with E-state index in [2.05, 4.69) is 16.0 Å². The Hall–Kier alpha value is -5.54. The van der Waals surface area contributed by atoms with Crippen LogP contribution < -0.4 is 55.2 Å². The maximum absolute atomic E-state index is 13.6. The van der Waals surface area contributed by atoms with E-state index in [-0.39, 0.29) is 29.7 Å². The lowest BCUT2D eigenvalue weighted by Crippen LogP contribution is -2.40. The second-order valence-electron chi connectivity index (χ2n) is 13.8. The highest BCUT2D eigenvalue weighted by atomic mass is 32.2. The second-order valence-corrected chi connectivity index (χ2v) is 15.5. The maximum Gasteiger partial charge on any atom is 0.315 e. The van der Waals surface area contributed by atoms with E-state index in [0.29, 0.717) is 81.1 Å². The van der Waals surface area contributed by atoms with Gasteiger partial charge in [-0.15, -0.1) is 23.5 Å². The zero-order chi connectivity index (χ0) is 42.4. The highest BCUT2D eigenvalue weighted by Crippen LogP contribution is 2.52. The first-order valence-corrected chi connectivity index (χ1v) is 21.4. The van der Waals surface area contributed by atoms with Crippen LogP contribution in [0.4, 0.5) is 4.79 Å². The Morgan fingerprint density at radius 1 is 0.610 bits per heavy atom. The average Bonchev–Trinajstić information content (AvgIpc) is 3.63. The van der Waals surface area contributed by atoms with Gasteiger partial charge in [-0.05, 0) is 108 Å². The Labute approximate surface area is 351 Å². The molecular weight excluding hydrogens is 795 g/mol. The Bertz CT molecular complexity index is 2230. The summed E-state index contributed by atoms with van der Waals surface area (Å²) >= 11 is 2.69. The predicted octanol–water partition coefficient (Wildman–Crippen LogP) is 6.72. The maximum atomic E-state index is 13.6. The van der Waals surface area contributed by atoms with Gasteiger partial charge in [0.1, 0.15) is 0 Å². The summed E-state index contributed by atoms with van der Waals surface area (Å²) in [7, 11) is 9.31. The molecule has 3 N–H and O–H groups in total. The first-order valence-electron chi connectivity index (χ1n) is 19.0. The number of benzene rings is 2. The number of hydrogen-bond donors (Lipinski definition) is 3. The second kappa shape index (κ2) is 19.0. The summed E-state index contributed by atoms with van der Waals surface area (Å²) in [5, 5.41) is 9.03. The van der Waals surface area contributed by atoms with Crippen molar-refractivity contribution < 1.29 is 38.0 Å². The van der Waals surface area contributed by atoms with Gasteiger partial charge in [0.2, 0.25) is 17.4 Å². The van der Waals surface area contributed by atoms with Crippen LogP contribution >= 0.6 is 23.5 Å². The molecule has 13 nitrogen and oxygen atoms in total. The third-order valence-corrected chi connectivity index (χ3v) is 12.3. The van der Waals surface area contributed by atoms with Crippen LogP contribution in [0.25, 0.3) is 22.3 Å². The zero-order valence-electron chi connectivity index (χ0n) is 34.4. The van der Waals surface area contributed by atoms with E-state index in [4.69, 9.17) is 28.4 Å². The standard InChI is InChI=1S/C44H49N3O10S2/c1-52-33-19-23-9-13-29(27-21-31(48)35(58-7)15-11-25(27)38(23)42(56-5)40(33)54-3)46-37(50)17-18-45-44(51)47-30-14-10-24-20-34(53-2)41(55-4)43(57-6)39(24)26-12-16-36(59-8)32(49)22-28(26)30/h11-12,15-16,19-22,29-30H,9-10,13-14,17-18H2,1-8H3,(H,46,50)(H2,45,47,51). The fourth-order valence-corrected chi connectivity index (χ4v) is 8.93. The third kappa shape index (κ3) is 8.62. The molecule has 0 spiro atoms. The van der Waals surface area contributed by atoms with Gasteiger partial charge in [-0.2, -0.15) is 0 Å². The lowest BCUT2D eigenvalue weighted by molar-refractivity contribution is -0.121. The van der Waals surface area contributed by atoms with Crippen molar-refractivity contribution in [2.75, 3.05) is 61.7 Å². The smallest absolute Gasteiger partial charge is 0.315 e. The normalized spacial score (nSPS) is 15.1. The monoisotopic (exact) mass is 843 g/mol. The SMILES string of the molecule is COc1cc2c(c(OC)c1OC)-c1ccc(SC)c(=O)cc1C(NC(=O)CCNC(=O)NC1CCc3cc(OC)c(OC)c(OC)c3-c3ccc(SC)c(=O)cc31)CC2. The van der Waals surface area contributed by atoms with Crippen LogP contribution in [0.5, 0.6) is 34.5 Å². The quantitative estimate of drug-likeness (QED) is 0.122. The Morgan fingerprint density at radius 3 is 1.46 bits per heavy atom. The van der Waals surface area contributed by atoms with Gasteiger partial charge < -0.3 is 44.4 Å². The van der Waals surface area contributed by atoms with Gasteiger partial charge in [0.05, 0.1) is 64.5 Å². The summed E-state index contributed by atoms with van der Waals surface area (Å²) in [5.74, 6) is 2.49. The van der Waals surface area contributed by atoms with Crippen molar-refractivity contribution >= 4 is 35.5 Å². The predicted molar refractivity (Wildman–Crippen MR) is 231 cm³/mol. The van der Waals surface area contributed by atoms with Crippen molar-refractivity contribution in [1.29, 1.82) is 0 Å². The Morgan fingerprint density at radius 2 is 1.05 bits per heavy atom. The minimum Gasteiger partial charge on any atom is -0.493 e. The molecule has 2 unspecified atom stereocenters. The fraction of sp³-hybridized carbons (Fsp3) is 0.364. The number of rotatable bonds is 13. The summed E-state index contributed by atoms with van der Waals surface area (Å²) in [4.78, 5) is 55.1. The van der Waals surface area contributed by atoms with Crippen molar-refractivity contribution in [3.63, 3.8) is 0 Å². The van der Waals surface area contributed by atoms with Gasteiger partial charge in [-0.25, -0.2) is 4.79 Å². The van der Waals surface area contributed by atoms with Crippen molar-refractivity contribution in [1.82, 2.24) is 16.0 Å². The summed E-state index contributed by atoms with van der Waals surface area (Å²) in [6.07, 6.45) is 5.67. The lowest BCUT2D eigenvalue weighted by atomic mass is 9.95. The molecular formula is C44H49N3O10S2. The molecule has 2 aliphatic rings. The van der Waals surface area contributed by atoms with E-state index >= 15 is 0 Å². The van der Waals surface area contributed by atoms with Gasteiger partial charge in [0, 0.05) is 24.1 Å². The number of amides is 3. The average molecular weight is 844 g/mol. The summed E-state index contributed by atoms with van der Waals surface area (Å²) < 4.78 is 34.5. The number of carbonyl (C=O) groups excluding carboxylic acids is 2. The van der Waals surface area contributed by atoms with Crippen molar-refractivity contribution in [2.45, 2.75) is 54.0 Å². The Kier molecular flexibility index (Phi) is 13.9. The summed E-state index contributed by atoms with van der Waals surface area (Å²) in [6, 6.07) is 12.7. The van der Waals surface area contributed by atoms with Crippen LogP contribution in [-0.2, 0) is 17.6 Å². The van der Waals surface area contributed by atoms with Gasteiger partial charge >= 0.3 is 6.03 Å². The molecule has 0 bridgehead atoms. The molecule has 2 aliphatic carbocycles. The molecule has 0 heterocycles. The van der Waals surface area contributed by atoms with Crippen molar-refractivity contribution in [3.05, 3.63) is 91.2 Å². The number of ether oxygens (including phenoxy) is 6. The number of nitrogens with one attached hydrogen (secondary N) is 3. The van der Waals surface area contributed by atoms with Crippen molar-refractivity contribution in [3.8, 4) is 56.8 Å². The van der Waals surface area contributed by atoms with Crippen LogP contribution in [0.15, 0.2) is 67.9 Å². The van der Waals surface area contributed by atoms with Crippen LogP contribution in [0.2, 0.25) is 0 Å². The molecule has 0 fully saturated rings. The minimum atomic E-state index is -0.561. The third-order valence-electron chi connectivity index (χ3n) is 10.7. The molecule has 59 heavy (non-hydrogen) atoms. The topological polar surface area (TPSA) is 160 Å². The van der Waals surface area contributed by atoms with E-state index in [1.54, 1.807) is 59.8 Å². The van der Waals surface area contributed by atoms with E-state index in [1.165, 1.54) is 30.6 Å². The number of carbonyl (C=O) groups is 2. The van der Waals surface area contributed by atoms with E-state index in [0.717, 1.165) is 33.4 Å². The van der Waals surface area contributed by atoms with E-state index < -0.39 is 18.1 Å². The lowest BCUT2D eigenvalue weighted by Gasteiger charge is -2.21. The largest absolute Gasteiger partial charge is 0.493 e. The molecule has 3 amide bonds. The summed E-state index contributed by atoms with van der Waals surface area (Å²) in [5.41, 5.74) is 5.74. The zero-order valence-corrected chi connectivity index (χ0v) is 36.0. The van der Waals surface area contributed by atoms with Crippen LogP contribution in [-0.4, -0.2) is 73.7 Å². The minimum absolute atomic E-state index is 0.0275. The highest BCUT2D eigenvalue weighted by Gasteiger charge is 2.32. The van der Waals surface area contributed by atoms with Crippen LogP contribution in [0.1, 0.15) is 53.6 Å². The summed E-state index contributed by atoms with van der Waals surface area (Å²) in [6.45, 7) is 0.0275. The molecule has 0 saturated heterocycles. The molecule has 0 aliphatic heterocycles. The van der Waals surface area contributed by atoms with Gasteiger partial charge in [-0.3, -0.25) is 14.4 Å². The highest BCUT2D eigenvalue weighted by molar-refractivity contribution is 7.98. The van der Waals surface area contributed by atoms with Gasteiger partial charge in [-0.1, -0.05) is 12.1 Å². The Balaban J connectivity index is 1.23. The number of hydrogen-bond acceptors (Lipinski definition) is 12. The fourth-order valence-electron chi connectivity index (χ4n) is 8.00. The molecule has 6 rings (SSSR count). The first kappa shape index (κ1) is 43.0. The number of urea groups is 1. The number of methoxy groups -OCH3 is 6. The van der Waals surface area contributed by atoms with E-state index in [1.807, 2.05) is 36.8 Å². The molecule has 4 aromatic carbocycles. The molecule has 0 saturated carbocycles. The molecule has 15 heteroatoms. The van der Waals surface area contributed by atoms with E-state index in [9.17, 15) is 19.2 Å².